The van der Waals surface area contributed by atoms with E-state index in [9.17, 15) is 4.79 Å². The second-order valence-corrected chi connectivity index (χ2v) is 4.47. The summed E-state index contributed by atoms with van der Waals surface area (Å²) in [5, 5.41) is 0. The van der Waals surface area contributed by atoms with Crippen molar-refractivity contribution in [2.24, 2.45) is 5.92 Å². The van der Waals surface area contributed by atoms with Gasteiger partial charge in [0.05, 0.1) is 0 Å². The van der Waals surface area contributed by atoms with Gasteiger partial charge in [-0.2, -0.15) is 0 Å². The molecule has 0 spiro atoms. The van der Waals surface area contributed by atoms with Crippen molar-refractivity contribution in [3.05, 3.63) is 34.2 Å². The zero-order valence-corrected chi connectivity index (χ0v) is 9.45. The molecule has 0 radical (unpaired) electrons. The summed E-state index contributed by atoms with van der Waals surface area (Å²) in [6.45, 7) is 9.15. The Bertz CT molecular complexity index is 350. The molecule has 1 aromatic heterocycles. The number of hydrogen-bond acceptors (Lipinski definition) is 1. The lowest BCUT2D eigenvalue weighted by molar-refractivity contribution is 0.507. The zero-order valence-electron chi connectivity index (χ0n) is 9.45. The Kier molecular flexibility index (Phi) is 3.50. The summed E-state index contributed by atoms with van der Waals surface area (Å²) in [5.41, 5.74) is 1.07. The molecule has 0 saturated carbocycles. The smallest absolute Gasteiger partial charge is 0.253 e. The molecule has 0 N–H and O–H groups in total. The molecule has 78 valence electrons. The average Bonchev–Trinajstić information content (AvgIpc) is 2.07. The van der Waals surface area contributed by atoms with Gasteiger partial charge in [0.1, 0.15) is 0 Å². The first-order chi connectivity index (χ1) is 6.52. The van der Waals surface area contributed by atoms with Crippen LogP contribution < -0.4 is 5.56 Å². The topological polar surface area (TPSA) is 22.0 Å². The molecule has 2 nitrogen and oxygen atoms in total. The maximum Gasteiger partial charge on any atom is 0.253 e. The van der Waals surface area contributed by atoms with Crippen LogP contribution in [0.15, 0.2) is 23.1 Å². The molecule has 0 aliphatic heterocycles. The van der Waals surface area contributed by atoms with Gasteiger partial charge >= 0.3 is 0 Å². The number of rotatable bonds is 3. The van der Waals surface area contributed by atoms with Gasteiger partial charge in [-0.1, -0.05) is 33.8 Å². The van der Waals surface area contributed by atoms with E-state index < -0.39 is 0 Å². The molecule has 0 amide bonds. The minimum absolute atomic E-state index is 0.163. The van der Waals surface area contributed by atoms with E-state index in [4.69, 9.17) is 0 Å². The van der Waals surface area contributed by atoms with Crippen LogP contribution in [0.25, 0.3) is 0 Å². The Hall–Kier alpha value is -1.05. The van der Waals surface area contributed by atoms with Crippen LogP contribution in [0.1, 0.15) is 39.2 Å². The summed E-state index contributed by atoms with van der Waals surface area (Å²) in [4.78, 5) is 11.9. The molecule has 0 aromatic carbocycles. The highest BCUT2D eigenvalue weighted by Gasteiger charge is 2.07. The number of hydrogen-bond donors (Lipinski definition) is 0. The maximum atomic E-state index is 11.9. The summed E-state index contributed by atoms with van der Waals surface area (Å²) >= 11 is 0. The molecule has 0 bridgehead atoms. The van der Waals surface area contributed by atoms with Crippen LogP contribution in [-0.4, -0.2) is 4.57 Å². The summed E-state index contributed by atoms with van der Waals surface area (Å²) in [6.07, 6.45) is 1.87. The quantitative estimate of drug-likeness (QED) is 0.723. The van der Waals surface area contributed by atoms with Gasteiger partial charge in [0.15, 0.2) is 0 Å². The summed E-state index contributed by atoms with van der Waals surface area (Å²) in [5.74, 6) is 0.817. The van der Waals surface area contributed by atoms with E-state index in [0.717, 1.165) is 12.1 Å². The SMILES string of the molecule is CC(C)Cn1cccc(C(C)C)c1=O. The van der Waals surface area contributed by atoms with Gasteiger partial charge in [-0.25, -0.2) is 0 Å². The lowest BCUT2D eigenvalue weighted by atomic mass is 10.1. The fraction of sp³-hybridized carbons (Fsp3) is 0.583. The second-order valence-electron chi connectivity index (χ2n) is 4.47. The van der Waals surface area contributed by atoms with E-state index in [2.05, 4.69) is 27.7 Å². The van der Waals surface area contributed by atoms with Crippen molar-refractivity contribution in [2.75, 3.05) is 0 Å². The molecule has 14 heavy (non-hydrogen) atoms. The van der Waals surface area contributed by atoms with Crippen molar-refractivity contribution in [1.82, 2.24) is 4.57 Å². The average molecular weight is 193 g/mol. The molecule has 0 saturated heterocycles. The molecule has 2 heteroatoms. The molecule has 1 rings (SSSR count). The summed E-state index contributed by atoms with van der Waals surface area (Å²) in [7, 11) is 0. The van der Waals surface area contributed by atoms with Gasteiger partial charge in [0.25, 0.3) is 5.56 Å². The van der Waals surface area contributed by atoms with Gasteiger partial charge in [0.2, 0.25) is 0 Å². The van der Waals surface area contributed by atoms with Crippen LogP contribution in [-0.2, 0) is 6.54 Å². The van der Waals surface area contributed by atoms with Gasteiger partial charge in [0, 0.05) is 18.3 Å². The van der Waals surface area contributed by atoms with E-state index >= 15 is 0 Å². The highest BCUT2D eigenvalue weighted by atomic mass is 16.1. The van der Waals surface area contributed by atoms with Crippen LogP contribution in [0.3, 0.4) is 0 Å². The van der Waals surface area contributed by atoms with E-state index in [1.165, 1.54) is 0 Å². The van der Waals surface area contributed by atoms with E-state index in [1.54, 1.807) is 4.57 Å². The van der Waals surface area contributed by atoms with E-state index in [-0.39, 0.29) is 5.56 Å². The summed E-state index contributed by atoms with van der Waals surface area (Å²) < 4.78 is 1.81. The molecule has 1 heterocycles. The molecule has 0 atom stereocenters. The highest BCUT2D eigenvalue weighted by Crippen LogP contribution is 2.08. The monoisotopic (exact) mass is 193 g/mol. The van der Waals surface area contributed by atoms with Crippen LogP contribution in [0.2, 0.25) is 0 Å². The van der Waals surface area contributed by atoms with Crippen molar-refractivity contribution < 1.29 is 0 Å². The fourth-order valence-electron chi connectivity index (χ4n) is 1.53. The van der Waals surface area contributed by atoms with Crippen LogP contribution in [0, 0.1) is 5.92 Å². The van der Waals surface area contributed by atoms with Crippen molar-refractivity contribution in [3.8, 4) is 0 Å². The number of pyridine rings is 1. The zero-order chi connectivity index (χ0) is 10.7. The van der Waals surface area contributed by atoms with Gasteiger partial charge in [-0.05, 0) is 17.9 Å². The van der Waals surface area contributed by atoms with Crippen molar-refractivity contribution >= 4 is 0 Å². The Morgan fingerprint density at radius 1 is 1.29 bits per heavy atom. The third kappa shape index (κ3) is 2.47. The lowest BCUT2D eigenvalue weighted by Gasteiger charge is -2.11. The van der Waals surface area contributed by atoms with Crippen molar-refractivity contribution in [2.45, 2.75) is 40.2 Å². The fourth-order valence-corrected chi connectivity index (χ4v) is 1.53. The molecule has 0 aliphatic rings. The van der Waals surface area contributed by atoms with Crippen molar-refractivity contribution in [3.63, 3.8) is 0 Å². The second kappa shape index (κ2) is 4.45. The Balaban J connectivity index is 3.08. The first kappa shape index (κ1) is 11.0. The first-order valence-electron chi connectivity index (χ1n) is 5.21. The largest absolute Gasteiger partial charge is 0.315 e. The molecule has 0 aliphatic carbocycles. The Morgan fingerprint density at radius 3 is 2.43 bits per heavy atom. The standard InChI is InChI=1S/C12H19NO/c1-9(2)8-13-7-5-6-11(10(3)4)12(13)14/h5-7,9-10H,8H2,1-4H3. The predicted octanol–water partition coefficient (Wildman–Crippen LogP) is 2.63. The lowest BCUT2D eigenvalue weighted by Crippen LogP contribution is -2.25. The molecule has 0 unspecified atom stereocenters. The summed E-state index contributed by atoms with van der Waals surface area (Å²) in [6, 6.07) is 3.88. The number of aromatic nitrogens is 1. The third-order valence-electron chi connectivity index (χ3n) is 2.23. The van der Waals surface area contributed by atoms with Crippen LogP contribution >= 0.6 is 0 Å². The maximum absolute atomic E-state index is 11.9. The Labute approximate surface area is 85.6 Å². The van der Waals surface area contributed by atoms with E-state index in [0.29, 0.717) is 11.8 Å². The van der Waals surface area contributed by atoms with Crippen LogP contribution in [0.5, 0.6) is 0 Å². The van der Waals surface area contributed by atoms with Gasteiger partial charge < -0.3 is 4.57 Å². The Morgan fingerprint density at radius 2 is 1.93 bits per heavy atom. The molecule has 1 aromatic rings. The van der Waals surface area contributed by atoms with Gasteiger partial charge in [-0.15, -0.1) is 0 Å². The molecular formula is C12H19NO. The molecule has 0 fully saturated rings. The third-order valence-corrected chi connectivity index (χ3v) is 2.23. The first-order valence-corrected chi connectivity index (χ1v) is 5.21. The number of nitrogens with zero attached hydrogens (tertiary/aromatic N) is 1. The molecular weight excluding hydrogens is 174 g/mol. The minimum atomic E-state index is 0.163. The van der Waals surface area contributed by atoms with Crippen molar-refractivity contribution in [1.29, 1.82) is 0 Å². The highest BCUT2D eigenvalue weighted by molar-refractivity contribution is 5.14. The van der Waals surface area contributed by atoms with Gasteiger partial charge in [-0.3, -0.25) is 4.79 Å². The van der Waals surface area contributed by atoms with E-state index in [1.807, 2.05) is 18.3 Å². The normalized spacial score (nSPS) is 11.3. The minimum Gasteiger partial charge on any atom is -0.315 e. The van der Waals surface area contributed by atoms with Crippen LogP contribution in [0.4, 0.5) is 0 Å². The predicted molar refractivity (Wildman–Crippen MR) is 59.6 cm³/mol.